The molecule has 2 aromatic heterocycles. The van der Waals surface area contributed by atoms with Crippen LogP contribution >= 0.6 is 11.3 Å². The molecular formula is C12H12N4O5S. The molecule has 0 saturated carbocycles. The van der Waals surface area contributed by atoms with Crippen molar-refractivity contribution in [3.63, 3.8) is 0 Å². The van der Waals surface area contributed by atoms with Crippen molar-refractivity contribution in [2.75, 3.05) is 13.1 Å². The minimum Gasteiger partial charge on any atom is -0.492 e. The van der Waals surface area contributed by atoms with Gasteiger partial charge in [0.2, 0.25) is 5.88 Å². The van der Waals surface area contributed by atoms with Gasteiger partial charge in [-0.1, -0.05) is 11.3 Å². The predicted molar refractivity (Wildman–Crippen MR) is 76.4 cm³/mol. The lowest BCUT2D eigenvalue weighted by atomic mass is 10.2. The molecule has 2 aromatic rings. The smallest absolute Gasteiger partial charge is 0.322 e. The second kappa shape index (κ2) is 5.39. The molecule has 0 saturated heterocycles. The molecule has 116 valence electrons. The Balaban J connectivity index is 2.13. The molecule has 0 spiro atoms. The van der Waals surface area contributed by atoms with Crippen LogP contribution in [0.2, 0.25) is 0 Å². The van der Waals surface area contributed by atoms with Gasteiger partial charge in [0.25, 0.3) is 11.5 Å². The van der Waals surface area contributed by atoms with Crippen LogP contribution in [0.25, 0.3) is 4.96 Å². The molecule has 3 rings (SSSR count). The normalized spacial score (nSPS) is 13.8. The monoisotopic (exact) mass is 324 g/mol. The van der Waals surface area contributed by atoms with Crippen LogP contribution in [-0.4, -0.2) is 44.6 Å². The topological polar surface area (TPSA) is 133 Å². The molecular weight excluding hydrogens is 312 g/mol. The summed E-state index contributed by atoms with van der Waals surface area (Å²) in [5.41, 5.74) is -0.466. The van der Waals surface area contributed by atoms with Crippen LogP contribution in [0.5, 0.6) is 5.88 Å². The van der Waals surface area contributed by atoms with Crippen molar-refractivity contribution >= 4 is 28.2 Å². The summed E-state index contributed by atoms with van der Waals surface area (Å²) < 4.78 is 1.32. The highest BCUT2D eigenvalue weighted by atomic mass is 32.1. The van der Waals surface area contributed by atoms with E-state index in [9.17, 15) is 19.5 Å². The summed E-state index contributed by atoms with van der Waals surface area (Å²) in [6, 6.07) is 0. The fourth-order valence-corrected chi connectivity index (χ4v) is 3.45. The Morgan fingerprint density at radius 1 is 1.45 bits per heavy atom. The Bertz CT molecular complexity index is 840. The van der Waals surface area contributed by atoms with Crippen LogP contribution in [0, 0.1) is 0 Å². The van der Waals surface area contributed by atoms with Gasteiger partial charge >= 0.3 is 5.97 Å². The number of nitrogens with one attached hydrogen (secondary N) is 2. The molecule has 4 N–H and O–H groups in total. The summed E-state index contributed by atoms with van der Waals surface area (Å²) in [7, 11) is 0. The number of thiazole rings is 1. The minimum atomic E-state index is -1.25. The van der Waals surface area contributed by atoms with Crippen LogP contribution in [0.15, 0.2) is 4.79 Å². The van der Waals surface area contributed by atoms with E-state index in [-0.39, 0.29) is 0 Å². The van der Waals surface area contributed by atoms with Crippen LogP contribution in [-0.2, 0) is 17.8 Å². The number of aromatic nitrogens is 2. The molecule has 9 nitrogen and oxygen atoms in total. The van der Waals surface area contributed by atoms with E-state index >= 15 is 0 Å². The van der Waals surface area contributed by atoms with Gasteiger partial charge in [-0.3, -0.25) is 18.8 Å². The highest BCUT2D eigenvalue weighted by molar-refractivity contribution is 7.17. The van der Waals surface area contributed by atoms with E-state index in [1.165, 1.54) is 15.7 Å². The number of aromatic hydroxyl groups is 1. The van der Waals surface area contributed by atoms with E-state index in [0.717, 1.165) is 10.6 Å². The molecule has 0 atom stereocenters. The largest absolute Gasteiger partial charge is 0.492 e. The van der Waals surface area contributed by atoms with Crippen LogP contribution in [0.4, 0.5) is 0 Å². The number of hydrogen-bond acceptors (Lipinski definition) is 7. The molecule has 0 aliphatic carbocycles. The molecule has 10 heteroatoms. The van der Waals surface area contributed by atoms with Gasteiger partial charge in [0.1, 0.15) is 6.54 Å². The lowest BCUT2D eigenvalue weighted by Gasteiger charge is -2.12. The van der Waals surface area contributed by atoms with Crippen LogP contribution < -0.4 is 16.2 Å². The Morgan fingerprint density at radius 3 is 2.95 bits per heavy atom. The summed E-state index contributed by atoms with van der Waals surface area (Å²) in [4.78, 5) is 40.1. The van der Waals surface area contributed by atoms with E-state index in [2.05, 4.69) is 15.6 Å². The van der Waals surface area contributed by atoms with Gasteiger partial charge in [0.05, 0.1) is 0 Å². The van der Waals surface area contributed by atoms with Crippen molar-refractivity contribution in [1.82, 2.24) is 20.0 Å². The number of carboxylic acid groups (broad SMARTS) is 1. The maximum Gasteiger partial charge on any atom is 0.322 e. The second-order valence-electron chi connectivity index (χ2n) is 4.71. The van der Waals surface area contributed by atoms with E-state index in [0.29, 0.717) is 24.5 Å². The molecule has 1 amide bonds. The van der Waals surface area contributed by atoms with E-state index in [1.807, 2.05) is 0 Å². The van der Waals surface area contributed by atoms with Crippen molar-refractivity contribution in [3.05, 3.63) is 26.5 Å². The Hall–Kier alpha value is -2.46. The summed E-state index contributed by atoms with van der Waals surface area (Å²) >= 11 is 1.27. The maximum atomic E-state index is 12.5. The van der Waals surface area contributed by atoms with Crippen molar-refractivity contribution < 1.29 is 19.8 Å². The molecule has 0 aromatic carbocycles. The van der Waals surface area contributed by atoms with Gasteiger partial charge in [-0.05, 0) is 0 Å². The van der Waals surface area contributed by atoms with Crippen molar-refractivity contribution in [1.29, 1.82) is 0 Å². The van der Waals surface area contributed by atoms with Gasteiger partial charge in [0.15, 0.2) is 10.5 Å². The van der Waals surface area contributed by atoms with E-state index < -0.39 is 35.4 Å². The van der Waals surface area contributed by atoms with Gasteiger partial charge in [-0.2, -0.15) is 4.98 Å². The van der Waals surface area contributed by atoms with Crippen molar-refractivity contribution in [3.8, 4) is 5.88 Å². The number of carbonyl (C=O) groups is 2. The first-order valence-electron chi connectivity index (χ1n) is 6.46. The molecule has 1 aliphatic rings. The summed E-state index contributed by atoms with van der Waals surface area (Å²) in [6.07, 6.45) is 0.609. The SMILES string of the molecule is O=C(O)CNC(=O)c1c(O)nc2sc3c(n2c1=O)CCNC3. The van der Waals surface area contributed by atoms with Gasteiger partial charge in [-0.15, -0.1) is 0 Å². The first-order chi connectivity index (χ1) is 10.5. The second-order valence-corrected chi connectivity index (χ2v) is 5.77. The fraction of sp³-hybridized carbons (Fsp3) is 0.333. The average Bonchev–Trinajstić information content (AvgIpc) is 2.83. The fourth-order valence-electron chi connectivity index (χ4n) is 2.33. The lowest BCUT2D eigenvalue weighted by molar-refractivity contribution is -0.135. The summed E-state index contributed by atoms with van der Waals surface area (Å²) in [5.74, 6) is -2.90. The zero-order valence-electron chi connectivity index (χ0n) is 11.3. The van der Waals surface area contributed by atoms with Crippen molar-refractivity contribution in [2.24, 2.45) is 0 Å². The number of hydrogen-bond donors (Lipinski definition) is 4. The van der Waals surface area contributed by atoms with E-state index in [4.69, 9.17) is 5.11 Å². The van der Waals surface area contributed by atoms with Crippen LogP contribution in [0.3, 0.4) is 0 Å². The number of aliphatic carboxylic acids is 1. The number of rotatable bonds is 3. The Kier molecular flexibility index (Phi) is 3.54. The van der Waals surface area contributed by atoms with E-state index in [1.54, 1.807) is 0 Å². The van der Waals surface area contributed by atoms with Crippen LogP contribution in [0.1, 0.15) is 20.9 Å². The summed E-state index contributed by atoms with van der Waals surface area (Å²) in [6.45, 7) is 0.656. The zero-order chi connectivity index (χ0) is 15.9. The first kappa shape index (κ1) is 14.5. The first-order valence-corrected chi connectivity index (χ1v) is 7.27. The molecule has 0 fully saturated rings. The number of carboxylic acids is 1. The molecule has 0 bridgehead atoms. The standard InChI is InChI=1S/C12H12N4O5S/c17-7(18)4-14-9(19)8-10(20)15-12-16(11(8)21)5-1-2-13-3-6(5)22-12/h13,20H,1-4H2,(H,14,19)(H,17,18). The predicted octanol–water partition coefficient (Wildman–Crippen LogP) is -1.08. The third kappa shape index (κ3) is 2.31. The number of fused-ring (bicyclic) bond motifs is 3. The van der Waals surface area contributed by atoms with Gasteiger partial charge < -0.3 is 20.8 Å². The Morgan fingerprint density at radius 2 is 2.23 bits per heavy atom. The lowest BCUT2D eigenvalue weighted by Crippen LogP contribution is -2.35. The average molecular weight is 324 g/mol. The zero-order valence-corrected chi connectivity index (χ0v) is 12.1. The third-order valence-corrected chi connectivity index (χ3v) is 4.37. The number of amides is 1. The quantitative estimate of drug-likeness (QED) is 0.564. The van der Waals surface area contributed by atoms with Gasteiger partial charge in [-0.25, -0.2) is 0 Å². The molecule has 1 aliphatic heterocycles. The molecule has 3 heterocycles. The Labute approximate surface area is 127 Å². The van der Waals surface area contributed by atoms with Crippen molar-refractivity contribution in [2.45, 2.75) is 13.0 Å². The molecule has 0 unspecified atom stereocenters. The van der Waals surface area contributed by atoms with Gasteiger partial charge in [0, 0.05) is 30.1 Å². The highest BCUT2D eigenvalue weighted by Gasteiger charge is 2.25. The minimum absolute atomic E-state index is 0.311. The molecule has 0 radical (unpaired) electrons. The molecule has 22 heavy (non-hydrogen) atoms. The highest BCUT2D eigenvalue weighted by Crippen LogP contribution is 2.25. The maximum absolute atomic E-state index is 12.5. The number of carbonyl (C=O) groups excluding carboxylic acids is 1. The third-order valence-electron chi connectivity index (χ3n) is 3.29. The number of nitrogens with zero attached hydrogens (tertiary/aromatic N) is 2. The summed E-state index contributed by atoms with van der Waals surface area (Å²) in [5, 5.41) is 23.6.